The monoisotopic (exact) mass is 1120 g/mol. The molecule has 0 rings (SSSR count). The van der Waals surface area contributed by atoms with Crippen LogP contribution in [0.3, 0.4) is 0 Å². The number of hydrogen-bond acceptors (Lipinski definition) is 6. The Bertz CT molecular complexity index is 1670. The third kappa shape index (κ3) is 66.5. The molecule has 1 atom stereocenters. The van der Waals surface area contributed by atoms with E-state index in [4.69, 9.17) is 14.2 Å². The number of rotatable bonds is 61. The maximum Gasteiger partial charge on any atom is 0.306 e. The van der Waals surface area contributed by atoms with Gasteiger partial charge in [0.25, 0.3) is 0 Å². The van der Waals surface area contributed by atoms with Gasteiger partial charge in [0.05, 0.1) is 0 Å². The fraction of sp³-hybridized carbons (Fsp3) is 0.693. The van der Waals surface area contributed by atoms with Crippen LogP contribution in [0.25, 0.3) is 0 Å². The highest BCUT2D eigenvalue weighted by Crippen LogP contribution is 2.16. The van der Waals surface area contributed by atoms with Crippen molar-refractivity contribution in [3.8, 4) is 0 Å². The van der Waals surface area contributed by atoms with Crippen LogP contribution >= 0.6 is 0 Å². The zero-order chi connectivity index (χ0) is 58.5. The number of allylic oxidation sites excluding steroid dienone is 20. The lowest BCUT2D eigenvalue weighted by molar-refractivity contribution is -0.167. The molecule has 0 fully saturated rings. The van der Waals surface area contributed by atoms with E-state index in [0.717, 1.165) is 135 Å². The van der Waals surface area contributed by atoms with E-state index in [1.807, 2.05) is 0 Å². The maximum atomic E-state index is 13.0. The Morgan fingerprint density at radius 1 is 0.259 bits per heavy atom. The topological polar surface area (TPSA) is 78.9 Å². The number of esters is 3. The number of hydrogen-bond donors (Lipinski definition) is 0. The first kappa shape index (κ1) is 76.8. The zero-order valence-corrected chi connectivity index (χ0v) is 53.0. The largest absolute Gasteiger partial charge is 0.462 e. The van der Waals surface area contributed by atoms with Crippen molar-refractivity contribution in [1.29, 1.82) is 0 Å². The summed E-state index contributed by atoms with van der Waals surface area (Å²) in [6.45, 7) is 6.42. The molecular weight excluding hydrogens is 997 g/mol. The summed E-state index contributed by atoms with van der Waals surface area (Å²) in [5, 5.41) is 0. The second-order valence-electron chi connectivity index (χ2n) is 22.3. The highest BCUT2D eigenvalue weighted by atomic mass is 16.6. The summed E-state index contributed by atoms with van der Waals surface area (Å²) >= 11 is 0. The van der Waals surface area contributed by atoms with Crippen molar-refractivity contribution in [2.45, 2.75) is 322 Å². The molecule has 0 aliphatic heterocycles. The van der Waals surface area contributed by atoms with Crippen LogP contribution in [-0.2, 0) is 28.6 Å². The first-order valence-corrected chi connectivity index (χ1v) is 34.0. The van der Waals surface area contributed by atoms with Crippen molar-refractivity contribution in [1.82, 2.24) is 0 Å². The summed E-state index contributed by atoms with van der Waals surface area (Å²) in [4.78, 5) is 38.5. The summed E-state index contributed by atoms with van der Waals surface area (Å²) in [5.74, 6) is -0.907. The Labute approximate surface area is 501 Å². The van der Waals surface area contributed by atoms with Gasteiger partial charge in [-0.2, -0.15) is 0 Å². The minimum absolute atomic E-state index is 0.0902. The van der Waals surface area contributed by atoms with E-state index >= 15 is 0 Å². The van der Waals surface area contributed by atoms with Gasteiger partial charge in [0.15, 0.2) is 6.10 Å². The molecule has 0 saturated heterocycles. The third-order valence-electron chi connectivity index (χ3n) is 14.4. The number of unbranched alkanes of at least 4 members (excludes halogenated alkanes) is 30. The van der Waals surface area contributed by atoms with Gasteiger partial charge in [-0.3, -0.25) is 14.4 Å². The molecule has 0 aromatic carbocycles. The van der Waals surface area contributed by atoms with Crippen LogP contribution in [0.2, 0.25) is 0 Å². The smallest absolute Gasteiger partial charge is 0.306 e. The van der Waals surface area contributed by atoms with E-state index in [9.17, 15) is 14.4 Å². The SMILES string of the molecule is CC/C=C\C/C=C\C/C=C\C/C=C\C/C=C\C/C=C\CCCCCCCCC(=O)OCC(COC(=O)CCCCCCCCC/C=C\C/C=C\C/C=C\CC)OC(=O)CCCCCCCCCCC/C=C\CCCCCCCCCC. The molecule has 0 heterocycles. The molecule has 462 valence electrons. The quantitative estimate of drug-likeness (QED) is 0.0261. The first-order valence-electron chi connectivity index (χ1n) is 34.0. The number of carbonyl (C=O) groups is 3. The normalized spacial score (nSPS) is 12.9. The van der Waals surface area contributed by atoms with Crippen molar-refractivity contribution >= 4 is 17.9 Å². The van der Waals surface area contributed by atoms with E-state index in [2.05, 4.69) is 142 Å². The Kier molecular flexibility index (Phi) is 64.8. The van der Waals surface area contributed by atoms with Crippen LogP contribution in [0, 0.1) is 0 Å². The van der Waals surface area contributed by atoms with Crippen LogP contribution < -0.4 is 0 Å². The summed E-state index contributed by atoms with van der Waals surface area (Å²) in [5.41, 5.74) is 0. The zero-order valence-electron chi connectivity index (χ0n) is 53.0. The van der Waals surface area contributed by atoms with E-state index in [-0.39, 0.29) is 31.1 Å². The highest BCUT2D eigenvalue weighted by molar-refractivity contribution is 5.71. The molecule has 0 aliphatic carbocycles. The van der Waals surface area contributed by atoms with Crippen LogP contribution in [0.5, 0.6) is 0 Å². The van der Waals surface area contributed by atoms with Gasteiger partial charge in [0.1, 0.15) is 13.2 Å². The van der Waals surface area contributed by atoms with Crippen LogP contribution in [0.15, 0.2) is 122 Å². The molecule has 0 amide bonds. The average Bonchev–Trinajstić information content (AvgIpc) is 3.47. The van der Waals surface area contributed by atoms with Gasteiger partial charge in [-0.05, 0) is 128 Å². The molecule has 6 heteroatoms. The standard InChI is InChI=1S/C75H126O6/c1-4-7-10-13-16-19-22-25-28-31-33-35-36-37-38-40-41-44-47-50-53-56-59-62-65-68-74(77)80-71-72(70-79-73(76)67-64-61-58-55-52-49-46-43-30-27-24-21-18-15-12-9-6-3)81-75(78)69-66-63-60-57-54-51-48-45-42-39-34-32-29-26-23-20-17-14-11-8-5-2/h7,9-10,12,16,18-19,21,25,27-28,30,32-35,37-38,41,44,72H,4-6,8,11,13-15,17,20,22-24,26,29,31,36,39-40,42-43,45-71H2,1-3H3/b10-7-,12-9-,19-16-,21-18-,28-25-,30-27-,34-32-,35-33-,38-37-,44-41-. The van der Waals surface area contributed by atoms with Crippen molar-refractivity contribution in [3.05, 3.63) is 122 Å². The Hall–Kier alpha value is -4.19. The fourth-order valence-corrected chi connectivity index (χ4v) is 9.40. The van der Waals surface area contributed by atoms with E-state index in [0.29, 0.717) is 19.3 Å². The lowest BCUT2D eigenvalue weighted by atomic mass is 10.1. The third-order valence-corrected chi connectivity index (χ3v) is 14.4. The number of ether oxygens (including phenoxy) is 3. The lowest BCUT2D eigenvalue weighted by Gasteiger charge is -2.18. The average molecular weight is 1120 g/mol. The fourth-order valence-electron chi connectivity index (χ4n) is 9.40. The molecule has 0 N–H and O–H groups in total. The van der Waals surface area contributed by atoms with Crippen LogP contribution in [0.4, 0.5) is 0 Å². The molecule has 0 aromatic heterocycles. The Morgan fingerprint density at radius 3 is 0.765 bits per heavy atom. The van der Waals surface area contributed by atoms with Gasteiger partial charge >= 0.3 is 17.9 Å². The van der Waals surface area contributed by atoms with Crippen molar-refractivity contribution in [2.75, 3.05) is 13.2 Å². The van der Waals surface area contributed by atoms with E-state index < -0.39 is 6.10 Å². The summed E-state index contributed by atoms with van der Waals surface area (Å²) < 4.78 is 17.0. The lowest BCUT2D eigenvalue weighted by Crippen LogP contribution is -2.30. The second-order valence-corrected chi connectivity index (χ2v) is 22.3. The molecule has 0 aliphatic rings. The summed E-state index contributed by atoms with van der Waals surface area (Å²) in [6.07, 6.45) is 94.9. The molecule has 0 aromatic rings. The predicted molar refractivity (Wildman–Crippen MR) is 353 cm³/mol. The Morgan fingerprint density at radius 2 is 0.481 bits per heavy atom. The minimum Gasteiger partial charge on any atom is -0.462 e. The first-order chi connectivity index (χ1) is 40.0. The van der Waals surface area contributed by atoms with Crippen molar-refractivity contribution in [3.63, 3.8) is 0 Å². The van der Waals surface area contributed by atoms with Gasteiger partial charge in [-0.15, -0.1) is 0 Å². The van der Waals surface area contributed by atoms with E-state index in [1.165, 1.54) is 141 Å². The predicted octanol–water partition coefficient (Wildman–Crippen LogP) is 23.6. The van der Waals surface area contributed by atoms with E-state index in [1.54, 1.807) is 0 Å². The molecule has 6 nitrogen and oxygen atoms in total. The molecule has 0 bridgehead atoms. The Balaban J connectivity index is 4.42. The van der Waals surface area contributed by atoms with Gasteiger partial charge in [0.2, 0.25) is 0 Å². The minimum atomic E-state index is -0.795. The summed E-state index contributed by atoms with van der Waals surface area (Å²) in [7, 11) is 0. The molecule has 0 saturated carbocycles. The van der Waals surface area contributed by atoms with Crippen molar-refractivity contribution in [2.24, 2.45) is 0 Å². The van der Waals surface area contributed by atoms with Gasteiger partial charge in [-0.1, -0.05) is 290 Å². The van der Waals surface area contributed by atoms with Crippen molar-refractivity contribution < 1.29 is 28.6 Å². The maximum absolute atomic E-state index is 13.0. The number of carbonyl (C=O) groups excluding carboxylic acids is 3. The molecule has 0 radical (unpaired) electrons. The van der Waals surface area contributed by atoms with Gasteiger partial charge in [-0.25, -0.2) is 0 Å². The second kappa shape index (κ2) is 68.3. The molecule has 0 spiro atoms. The van der Waals surface area contributed by atoms with Gasteiger partial charge in [0, 0.05) is 19.3 Å². The molecular formula is C75H126O6. The molecule has 81 heavy (non-hydrogen) atoms. The summed E-state index contributed by atoms with van der Waals surface area (Å²) in [6, 6.07) is 0. The highest BCUT2D eigenvalue weighted by Gasteiger charge is 2.19. The van der Waals surface area contributed by atoms with Crippen LogP contribution in [-0.4, -0.2) is 37.2 Å². The van der Waals surface area contributed by atoms with Crippen LogP contribution in [0.1, 0.15) is 316 Å². The molecule has 1 unspecified atom stereocenters. The van der Waals surface area contributed by atoms with Gasteiger partial charge < -0.3 is 14.2 Å².